The van der Waals surface area contributed by atoms with Gasteiger partial charge in [-0.1, -0.05) is 11.6 Å². The van der Waals surface area contributed by atoms with Crippen LogP contribution in [-0.2, 0) is 0 Å². The Labute approximate surface area is 82.9 Å². The molecule has 14 heavy (non-hydrogen) atoms. The molecule has 0 aromatic carbocycles. The van der Waals surface area contributed by atoms with Crippen LogP contribution in [0.2, 0.25) is 5.02 Å². The Bertz CT molecular complexity index is 383. The van der Waals surface area contributed by atoms with Crippen LogP contribution in [0.5, 0.6) is 0 Å². The number of rotatable bonds is 2. The number of hydrogen-bond acceptors (Lipinski definition) is 3. The van der Waals surface area contributed by atoms with Crippen LogP contribution in [0, 0.1) is 0 Å². The lowest BCUT2D eigenvalue weighted by molar-refractivity contribution is 0.0987. The summed E-state index contributed by atoms with van der Waals surface area (Å²) in [6.07, 6.45) is -1.97. The number of hydrogen-bond donors (Lipinski definition) is 2. The molecule has 0 aliphatic carbocycles. The molecular formula is C7H6ClF2N3O. The highest BCUT2D eigenvalue weighted by atomic mass is 35.5. The molecule has 76 valence electrons. The molecule has 1 rings (SSSR count). The quantitative estimate of drug-likeness (QED) is 0.791. The van der Waals surface area contributed by atoms with Gasteiger partial charge in [0.05, 0.1) is 16.1 Å². The lowest BCUT2D eigenvalue weighted by Gasteiger charge is -2.09. The van der Waals surface area contributed by atoms with Crippen LogP contribution in [0.25, 0.3) is 0 Å². The predicted octanol–water partition coefficient (Wildman–Crippen LogP) is 1.35. The van der Waals surface area contributed by atoms with Gasteiger partial charge < -0.3 is 11.5 Å². The second-order valence-corrected chi connectivity index (χ2v) is 2.85. The van der Waals surface area contributed by atoms with Crippen molar-refractivity contribution in [3.05, 3.63) is 22.3 Å². The molecule has 0 radical (unpaired) electrons. The molecule has 7 heteroatoms. The van der Waals surface area contributed by atoms with E-state index in [2.05, 4.69) is 4.98 Å². The summed E-state index contributed by atoms with van der Waals surface area (Å²) < 4.78 is 24.9. The SMILES string of the molecule is NC(=O)c1c(N)ncc(Cl)c1C(F)F. The molecule has 1 aromatic rings. The van der Waals surface area contributed by atoms with E-state index in [0.717, 1.165) is 6.20 Å². The number of alkyl halides is 2. The van der Waals surface area contributed by atoms with Gasteiger partial charge >= 0.3 is 0 Å². The minimum absolute atomic E-state index is 0.331. The zero-order valence-electron chi connectivity index (χ0n) is 6.80. The first-order valence-corrected chi connectivity index (χ1v) is 3.84. The number of pyridine rings is 1. The van der Waals surface area contributed by atoms with Crippen molar-refractivity contribution in [3.8, 4) is 0 Å². The topological polar surface area (TPSA) is 82.0 Å². The summed E-state index contributed by atoms with van der Waals surface area (Å²) in [4.78, 5) is 14.3. The summed E-state index contributed by atoms with van der Waals surface area (Å²) in [5.74, 6) is -1.43. The van der Waals surface area contributed by atoms with Gasteiger partial charge in [0.1, 0.15) is 5.82 Å². The van der Waals surface area contributed by atoms with E-state index in [1.807, 2.05) is 0 Å². The zero-order valence-corrected chi connectivity index (χ0v) is 7.55. The molecule has 4 N–H and O–H groups in total. The van der Waals surface area contributed by atoms with Crippen molar-refractivity contribution in [2.24, 2.45) is 5.73 Å². The maximum atomic E-state index is 12.5. The normalized spacial score (nSPS) is 10.6. The minimum atomic E-state index is -2.92. The molecule has 0 fully saturated rings. The van der Waals surface area contributed by atoms with E-state index in [9.17, 15) is 13.6 Å². The molecule has 1 amide bonds. The highest BCUT2D eigenvalue weighted by Gasteiger charge is 2.23. The first-order valence-electron chi connectivity index (χ1n) is 3.47. The molecule has 4 nitrogen and oxygen atoms in total. The van der Waals surface area contributed by atoms with Gasteiger partial charge in [0.15, 0.2) is 0 Å². The summed E-state index contributed by atoms with van der Waals surface area (Å²) in [7, 11) is 0. The van der Waals surface area contributed by atoms with Crippen LogP contribution in [0.1, 0.15) is 22.3 Å². The molecule has 1 aromatic heterocycles. The predicted molar refractivity (Wildman–Crippen MR) is 47.1 cm³/mol. The molecule has 1 heterocycles. The van der Waals surface area contributed by atoms with E-state index in [1.165, 1.54) is 0 Å². The van der Waals surface area contributed by atoms with Gasteiger partial charge in [-0.15, -0.1) is 0 Å². The van der Waals surface area contributed by atoms with Gasteiger partial charge in [-0.3, -0.25) is 4.79 Å². The van der Waals surface area contributed by atoms with Gasteiger partial charge in [0.2, 0.25) is 0 Å². The van der Waals surface area contributed by atoms with Crippen molar-refractivity contribution in [1.82, 2.24) is 4.98 Å². The Morgan fingerprint density at radius 2 is 2.14 bits per heavy atom. The molecule has 0 spiro atoms. The lowest BCUT2D eigenvalue weighted by Crippen LogP contribution is -2.17. The third-order valence-electron chi connectivity index (χ3n) is 1.56. The Morgan fingerprint density at radius 1 is 1.57 bits per heavy atom. The van der Waals surface area contributed by atoms with E-state index < -0.39 is 23.5 Å². The van der Waals surface area contributed by atoms with Gasteiger partial charge in [0.25, 0.3) is 12.3 Å². The number of amides is 1. The molecule has 0 saturated heterocycles. The van der Waals surface area contributed by atoms with E-state index in [4.69, 9.17) is 23.1 Å². The largest absolute Gasteiger partial charge is 0.383 e. The summed E-state index contributed by atoms with van der Waals surface area (Å²) in [6.45, 7) is 0. The molecule has 0 aliphatic rings. The van der Waals surface area contributed by atoms with Gasteiger partial charge in [0, 0.05) is 6.20 Å². The minimum Gasteiger partial charge on any atom is -0.383 e. The second-order valence-electron chi connectivity index (χ2n) is 2.44. The van der Waals surface area contributed by atoms with Crippen LogP contribution in [0.3, 0.4) is 0 Å². The monoisotopic (exact) mass is 221 g/mol. The first-order chi connectivity index (χ1) is 6.45. The first kappa shape index (κ1) is 10.6. The smallest absolute Gasteiger partial charge is 0.266 e. The molecule has 0 aliphatic heterocycles. The number of carbonyl (C=O) groups excluding carboxylic acids is 1. The Hall–Kier alpha value is -1.43. The zero-order chi connectivity index (χ0) is 10.9. The average Bonchev–Trinajstić information content (AvgIpc) is 2.07. The number of halogens is 3. The summed E-state index contributed by atoms with van der Waals surface area (Å²) in [6, 6.07) is 0. The number of nitrogens with zero attached hydrogens (tertiary/aromatic N) is 1. The average molecular weight is 222 g/mol. The van der Waals surface area contributed by atoms with Crippen LogP contribution < -0.4 is 11.5 Å². The van der Waals surface area contributed by atoms with E-state index in [-0.39, 0.29) is 10.8 Å². The standard InChI is InChI=1S/C7H6ClF2N3O/c8-2-1-13-6(11)4(7(12)14)3(2)5(9)10/h1,5H,(H2,11,13)(H2,12,14). The third kappa shape index (κ3) is 1.74. The number of primary amides is 1. The number of aromatic nitrogens is 1. The summed E-state index contributed by atoms with van der Waals surface area (Å²) in [5, 5.41) is -0.331. The van der Waals surface area contributed by atoms with Crippen LogP contribution in [0.15, 0.2) is 6.20 Å². The second kappa shape index (κ2) is 3.75. The number of nitrogen functional groups attached to an aromatic ring is 1. The fourth-order valence-electron chi connectivity index (χ4n) is 0.990. The van der Waals surface area contributed by atoms with Crippen LogP contribution in [0.4, 0.5) is 14.6 Å². The van der Waals surface area contributed by atoms with E-state index in [0.29, 0.717) is 0 Å². The molecule has 0 unspecified atom stereocenters. The highest BCUT2D eigenvalue weighted by Crippen LogP contribution is 2.31. The lowest BCUT2D eigenvalue weighted by atomic mass is 10.1. The number of carbonyl (C=O) groups is 1. The Kier molecular flexibility index (Phi) is 2.85. The summed E-state index contributed by atoms with van der Waals surface area (Å²) in [5.41, 5.74) is 8.90. The van der Waals surface area contributed by atoms with Crippen LogP contribution in [-0.4, -0.2) is 10.9 Å². The molecule has 0 atom stereocenters. The molecular weight excluding hydrogens is 216 g/mol. The van der Waals surface area contributed by atoms with Crippen molar-refractivity contribution in [1.29, 1.82) is 0 Å². The molecule has 0 saturated carbocycles. The Balaban J connectivity index is 3.50. The fourth-order valence-corrected chi connectivity index (χ4v) is 1.22. The van der Waals surface area contributed by atoms with Crippen molar-refractivity contribution in [2.45, 2.75) is 6.43 Å². The van der Waals surface area contributed by atoms with Gasteiger partial charge in [-0.2, -0.15) is 0 Å². The maximum Gasteiger partial charge on any atom is 0.266 e. The number of nitrogens with two attached hydrogens (primary N) is 2. The van der Waals surface area contributed by atoms with Crippen molar-refractivity contribution in [2.75, 3.05) is 5.73 Å². The van der Waals surface area contributed by atoms with E-state index in [1.54, 1.807) is 0 Å². The van der Waals surface area contributed by atoms with Gasteiger partial charge in [-0.05, 0) is 0 Å². The molecule has 0 bridgehead atoms. The van der Waals surface area contributed by atoms with Crippen LogP contribution >= 0.6 is 11.6 Å². The number of anilines is 1. The Morgan fingerprint density at radius 3 is 2.50 bits per heavy atom. The third-order valence-corrected chi connectivity index (χ3v) is 1.87. The van der Waals surface area contributed by atoms with Crippen molar-refractivity contribution < 1.29 is 13.6 Å². The highest BCUT2D eigenvalue weighted by molar-refractivity contribution is 6.32. The fraction of sp³-hybridized carbons (Fsp3) is 0.143. The van der Waals surface area contributed by atoms with Crippen molar-refractivity contribution >= 4 is 23.3 Å². The van der Waals surface area contributed by atoms with E-state index >= 15 is 0 Å². The summed E-state index contributed by atoms with van der Waals surface area (Å²) >= 11 is 5.43. The van der Waals surface area contributed by atoms with Crippen molar-refractivity contribution in [3.63, 3.8) is 0 Å². The van der Waals surface area contributed by atoms with Gasteiger partial charge in [-0.25, -0.2) is 13.8 Å². The maximum absolute atomic E-state index is 12.5.